The predicted octanol–water partition coefficient (Wildman–Crippen LogP) is 4.29. The maximum Gasteiger partial charge on any atom is 0.253 e. The molecule has 0 radical (unpaired) electrons. The van der Waals surface area contributed by atoms with Crippen LogP contribution in [0, 0.1) is 13.8 Å². The highest BCUT2D eigenvalue weighted by Crippen LogP contribution is 2.32. The minimum Gasteiger partial charge on any atom is -0.467 e. The Hall–Kier alpha value is -4.35. The average molecular weight is 553 g/mol. The van der Waals surface area contributed by atoms with Crippen molar-refractivity contribution in [2.45, 2.75) is 26.4 Å². The van der Waals surface area contributed by atoms with Crippen molar-refractivity contribution >= 4 is 37.6 Å². The summed E-state index contributed by atoms with van der Waals surface area (Å²) in [6.45, 7) is 7.46. The lowest BCUT2D eigenvalue weighted by atomic mass is 10.00. The van der Waals surface area contributed by atoms with Crippen molar-refractivity contribution in [3.8, 4) is 0 Å². The molecule has 0 saturated carbocycles. The first-order valence-corrected chi connectivity index (χ1v) is 14.1. The van der Waals surface area contributed by atoms with Gasteiger partial charge in [0.1, 0.15) is 18.3 Å². The molecule has 0 bridgehead atoms. The number of nitrogens with one attached hydrogen (secondary N) is 1. The van der Waals surface area contributed by atoms with Gasteiger partial charge in [0.15, 0.2) is 11.0 Å². The molecule has 4 aromatic heterocycles. The fraction of sp³-hybridized carbons (Fsp3) is 0.276. The molecule has 1 atom stereocenters. The zero-order valence-corrected chi connectivity index (χ0v) is 23.1. The van der Waals surface area contributed by atoms with Crippen LogP contribution in [-0.4, -0.2) is 61.3 Å². The number of tetrazole rings is 1. The normalized spacial score (nSPS) is 15.3. The highest BCUT2D eigenvalue weighted by molar-refractivity contribution is 7.22. The molecule has 1 N–H and O–H groups in total. The molecule has 202 valence electrons. The van der Waals surface area contributed by atoms with Gasteiger partial charge in [-0.15, -0.1) is 5.10 Å². The molecule has 1 aliphatic rings. The van der Waals surface area contributed by atoms with Crippen LogP contribution in [0.5, 0.6) is 0 Å². The van der Waals surface area contributed by atoms with Gasteiger partial charge in [-0.05, 0) is 71.6 Å². The van der Waals surface area contributed by atoms with Crippen molar-refractivity contribution in [3.05, 3.63) is 99.5 Å². The van der Waals surface area contributed by atoms with E-state index in [2.05, 4.69) is 61.5 Å². The Morgan fingerprint density at radius 2 is 1.90 bits per heavy atom. The first-order valence-electron chi connectivity index (χ1n) is 13.3. The second kappa shape index (κ2) is 10.00. The molecular formula is C29H28N8O2S. The summed E-state index contributed by atoms with van der Waals surface area (Å²) >= 11 is 1.71. The van der Waals surface area contributed by atoms with Crippen LogP contribution in [0.25, 0.3) is 21.1 Å². The largest absolute Gasteiger partial charge is 0.467 e. The second-order valence-electron chi connectivity index (χ2n) is 10.3. The van der Waals surface area contributed by atoms with Gasteiger partial charge in [0.05, 0.1) is 22.0 Å². The van der Waals surface area contributed by atoms with E-state index in [0.717, 1.165) is 64.6 Å². The van der Waals surface area contributed by atoms with Crippen molar-refractivity contribution in [2.24, 2.45) is 0 Å². The van der Waals surface area contributed by atoms with Gasteiger partial charge in [-0.25, -0.2) is 9.67 Å². The highest BCUT2D eigenvalue weighted by Gasteiger charge is 2.33. The summed E-state index contributed by atoms with van der Waals surface area (Å²) in [6.07, 6.45) is 1.64. The standard InChI is InChI=1S/C29H28N8O2S/c1-18-14-19(2)25-20(15-18)16-22(28(38)31-25)26(27-32-33-34-37(27)17-21-6-5-13-39-21)35-9-11-36(12-10-35)29-30-23-7-3-4-8-24(23)40-29/h3-8,13-16,26H,9-12,17H2,1-2H3,(H,31,38)/t26-/m0/s1. The first kappa shape index (κ1) is 24.7. The van der Waals surface area contributed by atoms with Crippen LogP contribution in [0.1, 0.15) is 34.3 Å². The number of fused-ring (bicyclic) bond motifs is 2. The summed E-state index contributed by atoms with van der Waals surface area (Å²) in [5.74, 6) is 1.35. The summed E-state index contributed by atoms with van der Waals surface area (Å²) in [4.78, 5) is 26.3. The van der Waals surface area contributed by atoms with E-state index in [4.69, 9.17) is 9.40 Å². The molecule has 1 aliphatic heterocycles. The van der Waals surface area contributed by atoms with E-state index in [-0.39, 0.29) is 5.56 Å². The first-order chi connectivity index (χ1) is 19.5. The Balaban J connectivity index is 1.27. The number of anilines is 1. The molecule has 0 aliphatic carbocycles. The summed E-state index contributed by atoms with van der Waals surface area (Å²) in [7, 11) is 0. The number of para-hydroxylation sites is 1. The quantitative estimate of drug-likeness (QED) is 0.326. The molecule has 0 amide bonds. The number of nitrogens with zero attached hydrogens (tertiary/aromatic N) is 7. The van der Waals surface area contributed by atoms with Gasteiger partial charge in [0.25, 0.3) is 5.56 Å². The van der Waals surface area contributed by atoms with E-state index in [9.17, 15) is 4.79 Å². The number of benzene rings is 2. The number of hydrogen-bond donors (Lipinski definition) is 1. The molecule has 6 aromatic rings. The number of piperazine rings is 1. The fourth-order valence-electron chi connectivity index (χ4n) is 5.64. The predicted molar refractivity (Wildman–Crippen MR) is 155 cm³/mol. The smallest absolute Gasteiger partial charge is 0.253 e. The van der Waals surface area contributed by atoms with Gasteiger partial charge in [0.2, 0.25) is 0 Å². The Labute approximate surface area is 233 Å². The molecule has 0 unspecified atom stereocenters. The number of rotatable bonds is 6. The van der Waals surface area contributed by atoms with E-state index < -0.39 is 6.04 Å². The number of H-pyrrole nitrogens is 1. The van der Waals surface area contributed by atoms with E-state index in [1.54, 1.807) is 22.3 Å². The van der Waals surface area contributed by atoms with E-state index >= 15 is 0 Å². The topological polar surface area (TPSA) is 109 Å². The SMILES string of the molecule is Cc1cc(C)c2[nH]c(=O)c([C@@H](c3nnnn3Cc3ccco3)N3CCN(c4nc5ccccc5s4)CC3)cc2c1. The van der Waals surface area contributed by atoms with Crippen LogP contribution in [0.3, 0.4) is 0 Å². The number of aromatic nitrogens is 6. The summed E-state index contributed by atoms with van der Waals surface area (Å²) in [6, 6.07) is 17.7. The molecule has 0 spiro atoms. The molecule has 10 nitrogen and oxygen atoms in total. The molecule has 5 heterocycles. The zero-order chi connectivity index (χ0) is 27.2. The summed E-state index contributed by atoms with van der Waals surface area (Å²) < 4.78 is 8.49. The molecule has 1 fully saturated rings. The number of hydrogen-bond acceptors (Lipinski definition) is 9. The third-order valence-electron chi connectivity index (χ3n) is 7.54. The Bertz CT molecular complexity index is 1830. The summed E-state index contributed by atoms with van der Waals surface area (Å²) in [5.41, 5.74) is 4.56. The van der Waals surface area contributed by atoms with E-state index in [0.29, 0.717) is 17.9 Å². The molecule has 11 heteroatoms. The van der Waals surface area contributed by atoms with Gasteiger partial charge >= 0.3 is 0 Å². The summed E-state index contributed by atoms with van der Waals surface area (Å²) in [5, 5.41) is 14.8. The van der Waals surface area contributed by atoms with Crippen molar-refractivity contribution in [1.29, 1.82) is 0 Å². The Morgan fingerprint density at radius 1 is 1.05 bits per heavy atom. The van der Waals surface area contributed by atoms with Crippen LogP contribution in [-0.2, 0) is 6.54 Å². The Kier molecular flexibility index (Phi) is 6.17. The minimum atomic E-state index is -0.434. The van der Waals surface area contributed by atoms with Gasteiger partial charge in [-0.2, -0.15) is 0 Å². The lowest BCUT2D eigenvalue weighted by Crippen LogP contribution is -2.49. The number of aromatic amines is 1. The number of thiazole rings is 1. The third kappa shape index (κ3) is 4.46. The molecule has 40 heavy (non-hydrogen) atoms. The lowest BCUT2D eigenvalue weighted by molar-refractivity contribution is 0.200. The third-order valence-corrected chi connectivity index (χ3v) is 8.64. The average Bonchev–Trinajstić information content (AvgIpc) is 3.72. The molecule has 1 saturated heterocycles. The molecular weight excluding hydrogens is 524 g/mol. The van der Waals surface area contributed by atoms with Crippen molar-refractivity contribution in [2.75, 3.05) is 31.1 Å². The van der Waals surface area contributed by atoms with Crippen molar-refractivity contribution in [1.82, 2.24) is 35.1 Å². The number of pyridine rings is 1. The zero-order valence-electron chi connectivity index (χ0n) is 22.2. The van der Waals surface area contributed by atoms with Crippen LogP contribution in [0.15, 0.2) is 70.1 Å². The number of aryl methyl sites for hydroxylation is 2. The minimum absolute atomic E-state index is 0.134. The fourth-order valence-corrected chi connectivity index (χ4v) is 6.66. The highest BCUT2D eigenvalue weighted by atomic mass is 32.1. The van der Waals surface area contributed by atoms with Gasteiger partial charge in [-0.1, -0.05) is 35.1 Å². The van der Waals surface area contributed by atoms with Crippen LogP contribution in [0.4, 0.5) is 5.13 Å². The lowest BCUT2D eigenvalue weighted by Gasteiger charge is -2.38. The van der Waals surface area contributed by atoms with Crippen LogP contribution in [0.2, 0.25) is 0 Å². The van der Waals surface area contributed by atoms with Gasteiger partial charge < -0.3 is 14.3 Å². The number of furan rings is 1. The van der Waals surface area contributed by atoms with Crippen LogP contribution < -0.4 is 10.5 Å². The maximum absolute atomic E-state index is 13.7. The van der Waals surface area contributed by atoms with Gasteiger partial charge in [0, 0.05) is 31.7 Å². The Morgan fingerprint density at radius 3 is 2.70 bits per heavy atom. The van der Waals surface area contributed by atoms with Crippen LogP contribution >= 0.6 is 11.3 Å². The van der Waals surface area contributed by atoms with Gasteiger partial charge in [-0.3, -0.25) is 9.69 Å². The monoisotopic (exact) mass is 552 g/mol. The second-order valence-corrected chi connectivity index (χ2v) is 11.3. The van der Waals surface area contributed by atoms with Crippen molar-refractivity contribution in [3.63, 3.8) is 0 Å². The van der Waals surface area contributed by atoms with E-state index in [1.165, 1.54) is 4.70 Å². The maximum atomic E-state index is 13.7. The van der Waals surface area contributed by atoms with Crippen molar-refractivity contribution < 1.29 is 4.42 Å². The molecule has 2 aromatic carbocycles. The van der Waals surface area contributed by atoms with E-state index in [1.807, 2.05) is 37.3 Å². The molecule has 7 rings (SSSR count).